The first-order valence-electron chi connectivity index (χ1n) is 6.42. The van der Waals surface area contributed by atoms with Gasteiger partial charge in [0.05, 0.1) is 5.71 Å². The quantitative estimate of drug-likeness (QED) is 0.333. The van der Waals surface area contributed by atoms with Crippen LogP contribution in [-0.4, -0.2) is 23.3 Å². The van der Waals surface area contributed by atoms with E-state index < -0.39 is 5.97 Å². The van der Waals surface area contributed by atoms with Crippen LogP contribution in [0.1, 0.15) is 30.4 Å². The molecule has 2 N–H and O–H groups in total. The summed E-state index contributed by atoms with van der Waals surface area (Å²) in [5, 5.41) is 17.9. The number of hydrogen-bond donors (Lipinski definition) is 2. The highest BCUT2D eigenvalue weighted by Gasteiger charge is 2.10. The van der Waals surface area contributed by atoms with E-state index >= 15 is 0 Å². The molecule has 0 atom stereocenters. The predicted molar refractivity (Wildman–Crippen MR) is 82.9 cm³/mol. The molecule has 21 heavy (non-hydrogen) atoms. The van der Waals surface area contributed by atoms with Crippen LogP contribution in [0.3, 0.4) is 0 Å². The van der Waals surface area contributed by atoms with Crippen LogP contribution >= 0.6 is 12.2 Å². The lowest BCUT2D eigenvalue weighted by atomic mass is 10.1. The van der Waals surface area contributed by atoms with E-state index in [1.165, 1.54) is 0 Å². The maximum atomic E-state index is 10.4. The van der Waals surface area contributed by atoms with Crippen LogP contribution in [0.15, 0.2) is 28.2 Å². The number of carboxylic acid groups (broad SMARTS) is 1. The fourth-order valence-electron chi connectivity index (χ4n) is 1.65. The molecule has 0 aliphatic heterocycles. The lowest BCUT2D eigenvalue weighted by molar-refractivity contribution is -0.305. The number of hydrogen-bond acceptors (Lipinski definition) is 5. The van der Waals surface area contributed by atoms with E-state index in [1.807, 2.05) is 6.92 Å². The normalized spacial score (nSPS) is 11.0. The van der Waals surface area contributed by atoms with E-state index in [-0.39, 0.29) is 6.42 Å². The Morgan fingerprint density at radius 2 is 2.33 bits per heavy atom. The molecule has 114 valence electrons. The summed E-state index contributed by atoms with van der Waals surface area (Å²) in [6.07, 6.45) is 1.91. The number of hydrazone groups is 1. The fourth-order valence-corrected chi connectivity index (χ4v) is 1.78. The summed E-state index contributed by atoms with van der Waals surface area (Å²) < 4.78 is 5.50. The minimum absolute atomic E-state index is 0.0730. The third-order valence-corrected chi connectivity index (χ3v) is 2.90. The molecule has 0 aliphatic rings. The lowest BCUT2D eigenvalue weighted by Gasteiger charge is -2.05. The average molecular weight is 308 g/mol. The fraction of sp³-hybridized carbons (Fsp3) is 0.357. The van der Waals surface area contributed by atoms with E-state index in [9.17, 15) is 9.90 Å². The second-order valence-corrected chi connectivity index (χ2v) is 4.77. The predicted octanol–water partition coefficient (Wildman–Crippen LogP) is 0.645. The van der Waals surface area contributed by atoms with Gasteiger partial charge >= 0.3 is 0 Å². The zero-order chi connectivity index (χ0) is 15.8. The van der Waals surface area contributed by atoms with E-state index in [1.54, 1.807) is 19.1 Å². The number of thiocarbonyl (C=S) groups is 1. The number of carbonyl (C=O) groups is 1. The van der Waals surface area contributed by atoms with Crippen molar-refractivity contribution >= 4 is 29.0 Å². The molecule has 0 amide bonds. The molecule has 0 spiro atoms. The number of aliphatic carboxylic acids is 1. The van der Waals surface area contributed by atoms with Gasteiger partial charge in [-0.25, -0.2) is 0 Å². The van der Waals surface area contributed by atoms with Crippen LogP contribution in [0.2, 0.25) is 0 Å². The Kier molecular flexibility index (Phi) is 6.61. The first-order chi connectivity index (χ1) is 9.93. The number of carbonyl (C=O) groups excluding carboxylic acids is 1. The molecule has 0 saturated heterocycles. The molecular weight excluding hydrogens is 290 g/mol. The van der Waals surface area contributed by atoms with Crippen molar-refractivity contribution in [1.29, 1.82) is 0 Å². The Bertz CT molecular complexity index is 564. The van der Waals surface area contributed by atoms with Crippen LogP contribution < -0.4 is 15.8 Å². The number of rotatable bonds is 7. The highest BCUT2D eigenvalue weighted by atomic mass is 32.1. The molecule has 0 radical (unpaired) electrons. The number of nitrogens with zero attached hydrogens (tertiary/aromatic N) is 1. The van der Waals surface area contributed by atoms with Crippen molar-refractivity contribution in [1.82, 2.24) is 10.7 Å². The number of carboxylic acids is 1. The SMILES string of the molecule is C=CCNC(=S)N/N=C(/C)c1cc(CCC(=O)[O-])oc1C. The molecule has 7 heteroatoms. The van der Waals surface area contributed by atoms with Gasteiger partial charge in [0.25, 0.3) is 0 Å². The zero-order valence-electron chi connectivity index (χ0n) is 12.1. The molecule has 1 aromatic heterocycles. The van der Waals surface area contributed by atoms with Crippen LogP contribution in [0, 0.1) is 6.92 Å². The Balaban J connectivity index is 2.68. The highest BCUT2D eigenvalue weighted by Crippen LogP contribution is 2.16. The third-order valence-electron chi connectivity index (χ3n) is 2.67. The Morgan fingerprint density at radius 3 is 2.95 bits per heavy atom. The van der Waals surface area contributed by atoms with Crippen molar-refractivity contribution < 1.29 is 14.3 Å². The van der Waals surface area contributed by atoms with E-state index in [2.05, 4.69) is 22.4 Å². The minimum Gasteiger partial charge on any atom is -0.550 e. The minimum atomic E-state index is -1.10. The van der Waals surface area contributed by atoms with Crippen molar-refractivity contribution in [2.45, 2.75) is 26.7 Å². The van der Waals surface area contributed by atoms with Gasteiger partial charge in [0.15, 0.2) is 5.11 Å². The van der Waals surface area contributed by atoms with Crippen molar-refractivity contribution in [2.24, 2.45) is 5.10 Å². The molecule has 0 saturated carbocycles. The Hall–Kier alpha value is -2.15. The number of nitrogens with one attached hydrogen (secondary N) is 2. The standard InChI is InChI=1S/C14H19N3O3S/c1-4-7-15-14(21)17-16-9(2)12-8-11(20-10(12)3)5-6-13(18)19/h4,8H,1,5-7H2,2-3H3,(H,18,19)(H2,15,17,21)/p-1/b16-9-. The van der Waals surface area contributed by atoms with Gasteiger partial charge in [-0.3, -0.25) is 5.43 Å². The van der Waals surface area contributed by atoms with Gasteiger partial charge < -0.3 is 19.6 Å². The van der Waals surface area contributed by atoms with Crippen molar-refractivity contribution in [3.8, 4) is 0 Å². The monoisotopic (exact) mass is 308 g/mol. The topological polar surface area (TPSA) is 89.7 Å². The molecule has 0 aromatic carbocycles. The van der Waals surface area contributed by atoms with Crippen molar-refractivity contribution in [3.05, 3.63) is 35.8 Å². The van der Waals surface area contributed by atoms with Gasteiger partial charge in [-0.1, -0.05) is 6.08 Å². The van der Waals surface area contributed by atoms with Crippen molar-refractivity contribution in [3.63, 3.8) is 0 Å². The van der Waals surface area contributed by atoms with Crippen LogP contribution in [0.5, 0.6) is 0 Å². The summed E-state index contributed by atoms with van der Waals surface area (Å²) in [6.45, 7) is 7.74. The second kappa shape index (κ2) is 8.21. The van der Waals surface area contributed by atoms with Gasteiger partial charge in [-0.15, -0.1) is 6.58 Å². The lowest BCUT2D eigenvalue weighted by Crippen LogP contribution is -2.32. The maximum absolute atomic E-state index is 10.4. The summed E-state index contributed by atoms with van der Waals surface area (Å²) in [6, 6.07) is 1.78. The smallest absolute Gasteiger partial charge is 0.187 e. The van der Waals surface area contributed by atoms with Gasteiger partial charge in [0.1, 0.15) is 11.5 Å². The molecule has 6 nitrogen and oxygen atoms in total. The molecule has 1 heterocycles. The van der Waals surface area contributed by atoms with Gasteiger partial charge in [-0.2, -0.15) is 5.10 Å². The molecule has 0 fully saturated rings. The largest absolute Gasteiger partial charge is 0.550 e. The first kappa shape index (κ1) is 16.9. The number of furan rings is 1. The van der Waals surface area contributed by atoms with E-state index in [0.29, 0.717) is 35.3 Å². The summed E-state index contributed by atoms with van der Waals surface area (Å²) in [7, 11) is 0. The molecular formula is C14H18N3O3S-. The summed E-state index contributed by atoms with van der Waals surface area (Å²) in [5.41, 5.74) is 4.22. The maximum Gasteiger partial charge on any atom is 0.187 e. The number of aryl methyl sites for hydroxylation is 2. The third kappa shape index (κ3) is 5.78. The van der Waals surface area contributed by atoms with Crippen LogP contribution in [-0.2, 0) is 11.2 Å². The van der Waals surface area contributed by atoms with Crippen molar-refractivity contribution in [2.75, 3.05) is 6.54 Å². The summed E-state index contributed by atoms with van der Waals surface area (Å²) >= 11 is 5.02. The van der Waals surface area contributed by atoms with Gasteiger partial charge in [0, 0.05) is 24.5 Å². The van der Waals surface area contributed by atoms with Crippen LogP contribution in [0.25, 0.3) is 0 Å². The molecule has 1 rings (SSSR count). The first-order valence-corrected chi connectivity index (χ1v) is 6.83. The average Bonchev–Trinajstić information content (AvgIpc) is 2.81. The summed E-state index contributed by atoms with van der Waals surface area (Å²) in [4.78, 5) is 10.4. The van der Waals surface area contributed by atoms with E-state index in [0.717, 1.165) is 5.56 Å². The van der Waals surface area contributed by atoms with Gasteiger partial charge in [-0.05, 0) is 38.6 Å². The molecule has 0 unspecified atom stereocenters. The van der Waals surface area contributed by atoms with Crippen LogP contribution in [0.4, 0.5) is 0 Å². The second-order valence-electron chi connectivity index (χ2n) is 4.36. The van der Waals surface area contributed by atoms with E-state index in [4.69, 9.17) is 16.6 Å². The molecule has 1 aromatic rings. The summed E-state index contributed by atoms with van der Waals surface area (Å²) in [5.74, 6) is 0.168. The Morgan fingerprint density at radius 1 is 1.62 bits per heavy atom. The molecule has 0 bridgehead atoms. The highest BCUT2D eigenvalue weighted by molar-refractivity contribution is 7.80. The zero-order valence-corrected chi connectivity index (χ0v) is 12.9. The molecule has 0 aliphatic carbocycles. The Labute approximate surface area is 128 Å². The van der Waals surface area contributed by atoms with Gasteiger partial charge in [0.2, 0.25) is 0 Å².